The van der Waals surface area contributed by atoms with Crippen molar-refractivity contribution in [1.82, 2.24) is 10.2 Å². The van der Waals surface area contributed by atoms with Gasteiger partial charge in [0.2, 0.25) is 0 Å². The Hall–Kier alpha value is -3.92. The van der Waals surface area contributed by atoms with Crippen molar-refractivity contribution in [2.45, 2.75) is 0 Å². The zero-order chi connectivity index (χ0) is 17.6. The highest BCUT2D eigenvalue weighted by Gasteiger charge is 2.09. The highest BCUT2D eigenvalue weighted by molar-refractivity contribution is 5.81. The van der Waals surface area contributed by atoms with Crippen molar-refractivity contribution in [2.75, 3.05) is 5.32 Å². The molecule has 2 N–H and O–H groups in total. The number of nitrogens with zero attached hydrogens (tertiary/aromatic N) is 3. The topological polar surface area (TPSA) is 108 Å². The third kappa shape index (κ3) is 3.54. The molecule has 2 aromatic carbocycles. The van der Waals surface area contributed by atoms with E-state index >= 15 is 0 Å². The predicted octanol–water partition coefficient (Wildman–Crippen LogP) is 3.96. The second kappa shape index (κ2) is 7.10. The molecule has 0 spiro atoms. The molecule has 1 heterocycles. The summed E-state index contributed by atoms with van der Waals surface area (Å²) < 4.78 is 0. The minimum absolute atomic E-state index is 0.0195. The van der Waals surface area contributed by atoms with Gasteiger partial charge in [0.05, 0.1) is 16.7 Å². The first-order valence-electron chi connectivity index (χ1n) is 7.39. The van der Waals surface area contributed by atoms with Crippen LogP contribution in [-0.4, -0.2) is 15.1 Å². The average molecular weight is 331 g/mol. The number of hydrogen-bond donors (Lipinski definition) is 2. The normalized spacial score (nSPS) is 10.9. The number of nitro groups is 1. The van der Waals surface area contributed by atoms with Gasteiger partial charge in [0, 0.05) is 23.9 Å². The number of rotatable bonds is 5. The fourth-order valence-electron chi connectivity index (χ4n) is 2.32. The number of anilines is 1. The molecule has 122 valence electrons. The van der Waals surface area contributed by atoms with Crippen LogP contribution in [0.15, 0.2) is 67.0 Å². The molecule has 0 aliphatic heterocycles. The first kappa shape index (κ1) is 16.0. The molecule has 7 nitrogen and oxygen atoms in total. The summed E-state index contributed by atoms with van der Waals surface area (Å²) in [4.78, 5) is 10.2. The number of nitriles is 1. The van der Waals surface area contributed by atoms with Crippen LogP contribution in [0.2, 0.25) is 0 Å². The first-order valence-corrected chi connectivity index (χ1v) is 7.39. The highest BCUT2D eigenvalue weighted by Crippen LogP contribution is 2.26. The van der Waals surface area contributed by atoms with Gasteiger partial charge in [0.1, 0.15) is 11.9 Å². The number of H-pyrrole nitrogens is 1. The number of aromatic nitrogens is 2. The van der Waals surface area contributed by atoms with E-state index in [1.807, 2.05) is 30.3 Å². The van der Waals surface area contributed by atoms with Gasteiger partial charge in [-0.1, -0.05) is 30.3 Å². The summed E-state index contributed by atoms with van der Waals surface area (Å²) in [5.41, 5.74) is 2.78. The molecule has 0 bridgehead atoms. The minimum Gasteiger partial charge on any atom is -0.345 e. The van der Waals surface area contributed by atoms with Crippen LogP contribution in [0.5, 0.6) is 0 Å². The molecule has 25 heavy (non-hydrogen) atoms. The molecule has 0 aliphatic carbocycles. The zero-order valence-electron chi connectivity index (χ0n) is 13.0. The lowest BCUT2D eigenvalue weighted by atomic mass is 10.1. The number of hydrogen-bond acceptors (Lipinski definition) is 5. The molecule has 0 amide bonds. The van der Waals surface area contributed by atoms with Gasteiger partial charge in [-0.15, -0.1) is 0 Å². The summed E-state index contributed by atoms with van der Waals surface area (Å²) in [5.74, 6) is 0.654. The van der Waals surface area contributed by atoms with Crippen molar-refractivity contribution >= 4 is 17.1 Å². The van der Waals surface area contributed by atoms with E-state index in [1.165, 1.54) is 12.1 Å². The van der Waals surface area contributed by atoms with Gasteiger partial charge in [-0.2, -0.15) is 10.4 Å². The summed E-state index contributed by atoms with van der Waals surface area (Å²) >= 11 is 0. The molecule has 1 aromatic heterocycles. The number of non-ortho nitro benzene ring substituents is 1. The maximum atomic E-state index is 10.7. The van der Waals surface area contributed by atoms with Gasteiger partial charge >= 0.3 is 0 Å². The van der Waals surface area contributed by atoms with E-state index in [9.17, 15) is 15.4 Å². The lowest BCUT2D eigenvalue weighted by Crippen LogP contribution is -1.94. The van der Waals surface area contributed by atoms with E-state index in [4.69, 9.17) is 0 Å². The number of aromatic amines is 1. The largest absolute Gasteiger partial charge is 0.345 e. The molecule has 0 atom stereocenters. The van der Waals surface area contributed by atoms with Crippen LogP contribution in [0, 0.1) is 21.4 Å². The highest BCUT2D eigenvalue weighted by atomic mass is 16.6. The summed E-state index contributed by atoms with van der Waals surface area (Å²) in [6.45, 7) is 0. The van der Waals surface area contributed by atoms with Crippen LogP contribution in [0.25, 0.3) is 16.7 Å². The van der Waals surface area contributed by atoms with E-state index in [-0.39, 0.29) is 5.69 Å². The van der Waals surface area contributed by atoms with Gasteiger partial charge in [0.15, 0.2) is 0 Å². The smallest absolute Gasteiger partial charge is 0.269 e. The quantitative estimate of drug-likeness (QED) is 0.418. The van der Waals surface area contributed by atoms with Gasteiger partial charge in [-0.05, 0) is 23.3 Å². The molecule has 0 unspecified atom stereocenters. The Morgan fingerprint density at radius 2 is 1.92 bits per heavy atom. The van der Waals surface area contributed by atoms with Crippen LogP contribution < -0.4 is 5.32 Å². The molecule has 0 saturated heterocycles. The number of benzene rings is 2. The second-order valence-electron chi connectivity index (χ2n) is 5.14. The third-order valence-corrected chi connectivity index (χ3v) is 3.59. The van der Waals surface area contributed by atoms with E-state index in [0.29, 0.717) is 17.0 Å². The van der Waals surface area contributed by atoms with Crippen molar-refractivity contribution < 1.29 is 4.92 Å². The first-order chi connectivity index (χ1) is 12.2. The fourth-order valence-corrected chi connectivity index (χ4v) is 2.32. The summed E-state index contributed by atoms with van der Waals surface area (Å²) in [6, 6.07) is 17.6. The van der Waals surface area contributed by atoms with Crippen LogP contribution in [0.4, 0.5) is 11.5 Å². The molecular formula is C18H13N5O2. The molecule has 7 heteroatoms. The Morgan fingerprint density at radius 3 is 2.56 bits per heavy atom. The average Bonchev–Trinajstić information content (AvgIpc) is 3.12. The maximum Gasteiger partial charge on any atom is 0.269 e. The summed E-state index contributed by atoms with van der Waals surface area (Å²) in [5, 5.41) is 30.0. The lowest BCUT2D eigenvalue weighted by Gasteiger charge is -2.04. The Kier molecular flexibility index (Phi) is 4.53. The predicted molar refractivity (Wildman–Crippen MR) is 94.3 cm³/mol. The monoisotopic (exact) mass is 331 g/mol. The molecule has 0 fully saturated rings. The molecule has 3 aromatic rings. The van der Waals surface area contributed by atoms with Crippen LogP contribution in [0.3, 0.4) is 0 Å². The lowest BCUT2D eigenvalue weighted by molar-refractivity contribution is -0.384. The molecule has 3 rings (SSSR count). The van der Waals surface area contributed by atoms with Gasteiger partial charge in [-0.25, -0.2) is 0 Å². The Labute approximate surface area is 143 Å². The third-order valence-electron chi connectivity index (χ3n) is 3.59. The second-order valence-corrected chi connectivity index (χ2v) is 5.14. The number of allylic oxidation sites excluding steroid dienone is 1. The Morgan fingerprint density at radius 1 is 1.20 bits per heavy atom. The van der Waals surface area contributed by atoms with Gasteiger partial charge < -0.3 is 5.32 Å². The van der Waals surface area contributed by atoms with Gasteiger partial charge in [0.25, 0.3) is 5.69 Å². The maximum absolute atomic E-state index is 10.7. The van der Waals surface area contributed by atoms with Crippen molar-refractivity contribution in [3.8, 4) is 17.2 Å². The van der Waals surface area contributed by atoms with Crippen molar-refractivity contribution in [3.05, 3.63) is 82.7 Å². The number of nitrogens with one attached hydrogen (secondary N) is 2. The van der Waals surface area contributed by atoms with Crippen LogP contribution in [0.1, 0.15) is 5.56 Å². The number of nitro benzene ring substituents is 1. The Bertz CT molecular complexity index is 953. The molecule has 0 radical (unpaired) electrons. The van der Waals surface area contributed by atoms with Crippen molar-refractivity contribution in [2.24, 2.45) is 0 Å². The van der Waals surface area contributed by atoms with E-state index < -0.39 is 4.92 Å². The summed E-state index contributed by atoms with van der Waals surface area (Å²) in [6.07, 6.45) is 3.24. The molecule has 0 aliphatic rings. The molecule has 0 saturated carbocycles. The van der Waals surface area contributed by atoms with Crippen molar-refractivity contribution in [1.29, 1.82) is 5.26 Å². The summed E-state index contributed by atoms with van der Waals surface area (Å²) in [7, 11) is 0. The SMILES string of the molecule is N#C/C(=C\Nc1[nH]ncc1-c1ccccc1)c1ccc([N+](=O)[O-])cc1. The Balaban J connectivity index is 1.85. The van der Waals surface area contributed by atoms with Crippen LogP contribution in [-0.2, 0) is 0 Å². The van der Waals surface area contributed by atoms with E-state index in [2.05, 4.69) is 21.6 Å². The van der Waals surface area contributed by atoms with E-state index in [0.717, 1.165) is 11.1 Å². The van der Waals surface area contributed by atoms with Gasteiger partial charge in [-0.3, -0.25) is 15.2 Å². The van der Waals surface area contributed by atoms with Crippen LogP contribution >= 0.6 is 0 Å². The fraction of sp³-hybridized carbons (Fsp3) is 0. The molecular weight excluding hydrogens is 318 g/mol. The van der Waals surface area contributed by atoms with Crippen molar-refractivity contribution in [3.63, 3.8) is 0 Å². The minimum atomic E-state index is -0.478. The van der Waals surface area contributed by atoms with E-state index in [1.54, 1.807) is 24.5 Å². The zero-order valence-corrected chi connectivity index (χ0v) is 13.0. The standard InChI is InChI=1S/C18H13N5O2/c19-10-15(13-6-8-16(9-7-13)23(24)25)11-20-18-17(12-21-22-18)14-4-2-1-3-5-14/h1-9,11-12H,(H2,20,21,22)/b15-11+.